The molecule has 1 aliphatic rings. The number of nitro groups is 1. The number of carboxylic acid groups (broad SMARTS) is 1. The summed E-state index contributed by atoms with van der Waals surface area (Å²) >= 11 is 0. The van der Waals surface area contributed by atoms with Crippen LogP contribution in [0.1, 0.15) is 29.6 Å². The van der Waals surface area contributed by atoms with E-state index in [-0.39, 0.29) is 5.69 Å². The summed E-state index contributed by atoms with van der Waals surface area (Å²) < 4.78 is 18.9. The summed E-state index contributed by atoms with van der Waals surface area (Å²) in [5.41, 5.74) is -1.53. The summed E-state index contributed by atoms with van der Waals surface area (Å²) in [7, 11) is 1.56. The standard InChI is InChI=1S/C13H15FN2O5/c1-21-13(3-2-4-13)7-15-10-5-8(12(17)18)9(14)6-11(10)16(19)20/h5-6,15H,2-4,7H2,1H3,(H,17,18). The normalized spacial score (nSPS) is 16.1. The number of benzene rings is 1. The molecule has 0 aliphatic heterocycles. The molecule has 1 saturated carbocycles. The summed E-state index contributed by atoms with van der Waals surface area (Å²) in [5.74, 6) is -2.61. The Hall–Kier alpha value is -2.22. The molecule has 0 aromatic heterocycles. The summed E-state index contributed by atoms with van der Waals surface area (Å²) in [6.45, 7) is 0.301. The quantitative estimate of drug-likeness (QED) is 0.617. The van der Waals surface area contributed by atoms with Crippen molar-refractivity contribution in [2.75, 3.05) is 19.0 Å². The van der Waals surface area contributed by atoms with Gasteiger partial charge < -0.3 is 15.2 Å². The third-order valence-corrected chi connectivity index (χ3v) is 3.81. The molecule has 1 aromatic carbocycles. The van der Waals surface area contributed by atoms with Crippen molar-refractivity contribution >= 4 is 17.3 Å². The number of halogens is 1. The molecule has 0 bridgehead atoms. The van der Waals surface area contributed by atoms with Crippen LogP contribution >= 0.6 is 0 Å². The van der Waals surface area contributed by atoms with Crippen molar-refractivity contribution in [1.82, 2.24) is 0 Å². The highest BCUT2D eigenvalue weighted by Gasteiger charge is 2.37. The molecular weight excluding hydrogens is 283 g/mol. The first-order valence-corrected chi connectivity index (χ1v) is 6.39. The predicted molar refractivity (Wildman–Crippen MR) is 72.1 cm³/mol. The monoisotopic (exact) mass is 298 g/mol. The van der Waals surface area contributed by atoms with Gasteiger partial charge in [0.05, 0.1) is 22.2 Å². The predicted octanol–water partition coefficient (Wildman–Crippen LogP) is 2.41. The summed E-state index contributed by atoms with van der Waals surface area (Å²) in [5, 5.41) is 22.7. The zero-order valence-electron chi connectivity index (χ0n) is 11.4. The van der Waals surface area contributed by atoms with E-state index in [1.807, 2.05) is 0 Å². The van der Waals surface area contributed by atoms with Crippen LogP contribution in [0.4, 0.5) is 15.8 Å². The Balaban J connectivity index is 2.29. The van der Waals surface area contributed by atoms with Crippen molar-refractivity contribution < 1.29 is 24.0 Å². The average Bonchev–Trinajstić information content (AvgIpc) is 2.38. The zero-order chi connectivity index (χ0) is 15.6. The lowest BCUT2D eigenvalue weighted by molar-refractivity contribution is -0.384. The van der Waals surface area contributed by atoms with E-state index in [4.69, 9.17) is 9.84 Å². The van der Waals surface area contributed by atoms with Gasteiger partial charge in [-0.2, -0.15) is 0 Å². The number of carbonyl (C=O) groups is 1. The van der Waals surface area contributed by atoms with Gasteiger partial charge in [-0.05, 0) is 25.3 Å². The second kappa shape index (κ2) is 5.65. The van der Waals surface area contributed by atoms with Crippen LogP contribution in [-0.2, 0) is 4.74 Å². The minimum atomic E-state index is -1.48. The average molecular weight is 298 g/mol. The Kier molecular flexibility index (Phi) is 4.08. The minimum absolute atomic E-state index is 0.0258. The van der Waals surface area contributed by atoms with Crippen molar-refractivity contribution in [2.45, 2.75) is 24.9 Å². The second-order valence-corrected chi connectivity index (χ2v) is 5.01. The van der Waals surface area contributed by atoms with Crippen molar-refractivity contribution in [2.24, 2.45) is 0 Å². The van der Waals surface area contributed by atoms with Gasteiger partial charge in [-0.3, -0.25) is 10.1 Å². The van der Waals surface area contributed by atoms with Crippen LogP contribution in [0.25, 0.3) is 0 Å². The Morgan fingerprint density at radius 1 is 1.57 bits per heavy atom. The molecule has 1 fully saturated rings. The molecule has 0 radical (unpaired) electrons. The number of rotatable bonds is 6. The molecular formula is C13H15FN2O5. The molecule has 114 valence electrons. The number of aromatic carboxylic acids is 1. The summed E-state index contributed by atoms with van der Waals surface area (Å²) in [6.07, 6.45) is 2.63. The Morgan fingerprint density at radius 3 is 2.67 bits per heavy atom. The number of ether oxygens (including phenoxy) is 1. The fourth-order valence-electron chi connectivity index (χ4n) is 2.30. The van der Waals surface area contributed by atoms with E-state index in [1.165, 1.54) is 0 Å². The maximum absolute atomic E-state index is 13.5. The van der Waals surface area contributed by atoms with Crippen LogP contribution in [0.3, 0.4) is 0 Å². The number of anilines is 1. The van der Waals surface area contributed by atoms with Gasteiger partial charge in [0.1, 0.15) is 11.5 Å². The van der Waals surface area contributed by atoms with Gasteiger partial charge in [0.25, 0.3) is 5.69 Å². The molecule has 7 nitrogen and oxygen atoms in total. The van der Waals surface area contributed by atoms with E-state index in [0.29, 0.717) is 12.6 Å². The van der Waals surface area contributed by atoms with E-state index in [9.17, 15) is 19.3 Å². The van der Waals surface area contributed by atoms with Gasteiger partial charge >= 0.3 is 5.97 Å². The topological polar surface area (TPSA) is 102 Å². The zero-order valence-corrected chi connectivity index (χ0v) is 11.4. The number of carboxylic acids is 1. The van der Waals surface area contributed by atoms with Crippen molar-refractivity contribution in [3.05, 3.63) is 33.6 Å². The summed E-state index contributed by atoms with van der Waals surface area (Å²) in [4.78, 5) is 21.1. The van der Waals surface area contributed by atoms with Gasteiger partial charge in [0.2, 0.25) is 0 Å². The number of hydrogen-bond acceptors (Lipinski definition) is 5. The van der Waals surface area contributed by atoms with Gasteiger partial charge in [-0.15, -0.1) is 0 Å². The first-order valence-electron chi connectivity index (χ1n) is 6.39. The molecule has 1 aromatic rings. The fraction of sp³-hybridized carbons (Fsp3) is 0.462. The number of hydrogen-bond donors (Lipinski definition) is 2. The van der Waals surface area contributed by atoms with E-state index < -0.39 is 33.6 Å². The van der Waals surface area contributed by atoms with Crippen molar-refractivity contribution in [1.29, 1.82) is 0 Å². The van der Waals surface area contributed by atoms with Crippen LogP contribution in [0.15, 0.2) is 12.1 Å². The molecule has 2 N–H and O–H groups in total. The molecule has 2 rings (SSSR count). The molecule has 0 saturated heterocycles. The molecule has 0 amide bonds. The smallest absolute Gasteiger partial charge is 0.338 e. The second-order valence-electron chi connectivity index (χ2n) is 5.01. The van der Waals surface area contributed by atoms with Gasteiger partial charge in [-0.25, -0.2) is 9.18 Å². The first-order chi connectivity index (χ1) is 9.88. The maximum atomic E-state index is 13.5. The van der Waals surface area contributed by atoms with Crippen LogP contribution < -0.4 is 5.32 Å². The third-order valence-electron chi connectivity index (χ3n) is 3.81. The van der Waals surface area contributed by atoms with Crippen molar-refractivity contribution in [3.8, 4) is 0 Å². The molecule has 1 aliphatic carbocycles. The number of nitrogens with zero attached hydrogens (tertiary/aromatic N) is 1. The molecule has 21 heavy (non-hydrogen) atoms. The molecule has 0 heterocycles. The van der Waals surface area contributed by atoms with Gasteiger partial charge in [0, 0.05) is 13.7 Å². The highest BCUT2D eigenvalue weighted by atomic mass is 19.1. The molecule has 0 unspecified atom stereocenters. The highest BCUT2D eigenvalue weighted by Crippen LogP contribution is 2.36. The van der Waals surface area contributed by atoms with Crippen LogP contribution in [0.5, 0.6) is 0 Å². The van der Waals surface area contributed by atoms with Gasteiger partial charge in [0.15, 0.2) is 0 Å². The molecule has 0 atom stereocenters. The van der Waals surface area contributed by atoms with Crippen LogP contribution in [0, 0.1) is 15.9 Å². The Labute approximate surface area is 119 Å². The lowest BCUT2D eigenvalue weighted by atomic mass is 9.80. The number of methoxy groups -OCH3 is 1. The lowest BCUT2D eigenvalue weighted by Gasteiger charge is -2.40. The molecule has 0 spiro atoms. The maximum Gasteiger partial charge on any atom is 0.338 e. The van der Waals surface area contributed by atoms with Crippen molar-refractivity contribution in [3.63, 3.8) is 0 Å². The van der Waals surface area contributed by atoms with E-state index in [1.54, 1.807) is 7.11 Å². The number of nitrogens with one attached hydrogen (secondary N) is 1. The number of nitro benzene ring substituents is 1. The van der Waals surface area contributed by atoms with E-state index in [2.05, 4.69) is 5.32 Å². The van der Waals surface area contributed by atoms with Gasteiger partial charge in [-0.1, -0.05) is 0 Å². The SMILES string of the molecule is COC1(CNc2cc(C(=O)O)c(F)cc2[N+](=O)[O-])CCC1. The minimum Gasteiger partial charge on any atom is -0.478 e. The molecule has 8 heteroatoms. The largest absolute Gasteiger partial charge is 0.478 e. The van der Waals surface area contributed by atoms with E-state index in [0.717, 1.165) is 25.3 Å². The van der Waals surface area contributed by atoms with Crippen LogP contribution in [-0.4, -0.2) is 35.3 Å². The summed E-state index contributed by atoms with van der Waals surface area (Å²) in [6, 6.07) is 1.56. The Bertz CT molecular complexity index is 581. The third kappa shape index (κ3) is 2.94. The lowest BCUT2D eigenvalue weighted by Crippen LogP contribution is -2.45. The fourth-order valence-corrected chi connectivity index (χ4v) is 2.30. The van der Waals surface area contributed by atoms with Crippen LogP contribution in [0.2, 0.25) is 0 Å². The Morgan fingerprint density at radius 2 is 2.24 bits per heavy atom. The van der Waals surface area contributed by atoms with E-state index >= 15 is 0 Å². The highest BCUT2D eigenvalue weighted by molar-refractivity contribution is 5.90. The first kappa shape index (κ1) is 15.2.